The largest absolute Gasteiger partial charge is 0.150 e. The van der Waals surface area contributed by atoms with Crippen LogP contribution in [0, 0.1) is 27.7 Å². The summed E-state index contributed by atoms with van der Waals surface area (Å²) in [5.74, 6) is 0. The molecule has 38 heavy (non-hydrogen) atoms. The van der Waals surface area contributed by atoms with Gasteiger partial charge >= 0.3 is 99.2 Å². The van der Waals surface area contributed by atoms with Crippen LogP contribution in [0.25, 0.3) is 21.9 Å². The monoisotopic (exact) mass is 568 g/mol. The van der Waals surface area contributed by atoms with Crippen molar-refractivity contribution in [1.29, 1.82) is 0 Å². The first-order valence-corrected chi connectivity index (χ1v) is 14.3. The summed E-state index contributed by atoms with van der Waals surface area (Å²) >= 11 is 1.46. The maximum atomic E-state index is 2.24. The van der Waals surface area contributed by atoms with Crippen molar-refractivity contribution in [2.24, 2.45) is 0 Å². The van der Waals surface area contributed by atoms with Gasteiger partial charge in [-0.05, 0) is 0 Å². The quantitative estimate of drug-likeness (QED) is 0.186. The molecule has 6 aromatic rings. The van der Waals surface area contributed by atoms with Crippen molar-refractivity contribution in [2.45, 2.75) is 27.7 Å². The SMILES string of the molecule is Cc1[cH-]c(C)c(C)c1C.[Zr+2]=[C](c1ccccc1)c1ccccc1.c1ccc(-c2c[cH-]c3ccccc23)cc1. The molecule has 0 aromatic heterocycles. The first kappa shape index (κ1) is 27.6. The van der Waals surface area contributed by atoms with Crippen molar-refractivity contribution < 1.29 is 24.2 Å². The molecule has 0 unspecified atom stereocenters. The van der Waals surface area contributed by atoms with Gasteiger partial charge in [-0.2, -0.15) is 28.3 Å². The average Bonchev–Trinajstić information content (AvgIpc) is 3.51. The van der Waals surface area contributed by atoms with Gasteiger partial charge in [0.2, 0.25) is 0 Å². The summed E-state index contributed by atoms with van der Waals surface area (Å²) in [7, 11) is 0. The predicted octanol–water partition coefficient (Wildman–Crippen LogP) is 9.67. The Kier molecular flexibility index (Phi) is 9.75. The molecular weight excluding hydrogens is 536 g/mol. The van der Waals surface area contributed by atoms with Gasteiger partial charge in [0.15, 0.2) is 0 Å². The van der Waals surface area contributed by atoms with E-state index < -0.39 is 0 Å². The molecule has 0 aliphatic carbocycles. The van der Waals surface area contributed by atoms with Crippen LogP contribution < -0.4 is 0 Å². The molecule has 0 radical (unpaired) electrons. The van der Waals surface area contributed by atoms with Crippen LogP contribution in [0.4, 0.5) is 0 Å². The molecule has 0 nitrogen and oxygen atoms in total. The molecule has 186 valence electrons. The standard InChI is InChI=1S/C15H11.C13H10.C9H13.Zr/c1-2-6-12(7-3-1)15-11-10-13-8-4-5-9-14(13)15;1-3-7-12(8-4-1)11-13-9-5-2-6-10-13;1-6-5-7(2)9(4)8(6)3;/h1-11H;1-10H;5H,1-4H3;/q-1;;-1;+2. The number of rotatable bonds is 3. The van der Waals surface area contributed by atoms with Gasteiger partial charge in [0, 0.05) is 0 Å². The van der Waals surface area contributed by atoms with Crippen molar-refractivity contribution in [3.05, 3.63) is 167 Å². The zero-order valence-electron chi connectivity index (χ0n) is 22.7. The molecule has 0 spiro atoms. The van der Waals surface area contributed by atoms with E-state index in [9.17, 15) is 0 Å². The molecule has 6 rings (SSSR count). The molecule has 0 bridgehead atoms. The zero-order valence-corrected chi connectivity index (χ0v) is 25.2. The van der Waals surface area contributed by atoms with E-state index in [4.69, 9.17) is 0 Å². The van der Waals surface area contributed by atoms with Gasteiger partial charge in [-0.15, -0.1) is 46.7 Å². The minimum Gasteiger partial charge on any atom is -0.150 e. The summed E-state index contributed by atoms with van der Waals surface area (Å²) in [6.45, 7) is 8.68. The fraction of sp³-hybridized carbons (Fsp3) is 0.108. The number of aryl methyl sites for hydroxylation is 2. The Morgan fingerprint density at radius 3 is 1.47 bits per heavy atom. The van der Waals surface area contributed by atoms with Gasteiger partial charge in [-0.1, -0.05) is 69.7 Å². The summed E-state index contributed by atoms with van der Waals surface area (Å²) in [5.41, 5.74) is 11.0. The van der Waals surface area contributed by atoms with Gasteiger partial charge in [-0.25, -0.2) is 0 Å². The third kappa shape index (κ3) is 6.91. The van der Waals surface area contributed by atoms with Crippen molar-refractivity contribution in [2.75, 3.05) is 0 Å². The fourth-order valence-electron chi connectivity index (χ4n) is 4.53. The van der Waals surface area contributed by atoms with Crippen LogP contribution in [0.5, 0.6) is 0 Å². The number of benzene rings is 4. The predicted molar refractivity (Wildman–Crippen MR) is 162 cm³/mol. The molecule has 0 aliphatic rings. The fourth-order valence-corrected chi connectivity index (χ4v) is 5.35. The van der Waals surface area contributed by atoms with E-state index in [1.54, 1.807) is 0 Å². The number of hydrogen-bond donors (Lipinski definition) is 0. The Morgan fingerprint density at radius 1 is 0.553 bits per heavy atom. The summed E-state index contributed by atoms with van der Waals surface area (Å²) in [5, 5.41) is 2.65. The minimum atomic E-state index is 1.29. The van der Waals surface area contributed by atoms with Gasteiger partial charge in [-0.3, -0.25) is 0 Å². The first-order chi connectivity index (χ1) is 18.5. The summed E-state index contributed by atoms with van der Waals surface area (Å²) in [4.78, 5) is 0. The van der Waals surface area contributed by atoms with E-state index >= 15 is 0 Å². The first-order valence-electron chi connectivity index (χ1n) is 13.0. The van der Waals surface area contributed by atoms with Crippen LogP contribution in [-0.4, -0.2) is 3.21 Å². The van der Waals surface area contributed by atoms with E-state index in [0.29, 0.717) is 0 Å². The van der Waals surface area contributed by atoms with Crippen LogP contribution in [0.15, 0.2) is 133 Å². The van der Waals surface area contributed by atoms with E-state index in [-0.39, 0.29) is 0 Å². The number of hydrogen-bond acceptors (Lipinski definition) is 0. The molecule has 1 heteroatoms. The van der Waals surface area contributed by atoms with E-state index in [1.165, 1.54) is 82.7 Å². The van der Waals surface area contributed by atoms with Gasteiger partial charge in [0.1, 0.15) is 0 Å². The Balaban J connectivity index is 0.000000137. The molecule has 0 atom stereocenters. The molecule has 0 saturated heterocycles. The average molecular weight is 570 g/mol. The van der Waals surface area contributed by atoms with Crippen LogP contribution in [0.2, 0.25) is 0 Å². The van der Waals surface area contributed by atoms with Crippen LogP contribution >= 0.6 is 0 Å². The summed E-state index contributed by atoms with van der Waals surface area (Å²) < 4.78 is 1.42. The van der Waals surface area contributed by atoms with Gasteiger partial charge in [0.05, 0.1) is 0 Å². The second-order valence-electron chi connectivity index (χ2n) is 9.57. The van der Waals surface area contributed by atoms with Gasteiger partial charge in [0.25, 0.3) is 0 Å². The van der Waals surface area contributed by atoms with Crippen molar-refractivity contribution in [3.63, 3.8) is 0 Å². The second-order valence-corrected chi connectivity index (χ2v) is 10.8. The maximum Gasteiger partial charge on any atom is -0.0623 e. The minimum absolute atomic E-state index is 1.29. The molecule has 6 aromatic carbocycles. The van der Waals surface area contributed by atoms with Crippen LogP contribution in [-0.2, 0) is 24.2 Å². The molecule has 0 saturated carbocycles. The van der Waals surface area contributed by atoms with E-state index in [1.807, 2.05) is 0 Å². The molecule has 0 N–H and O–H groups in total. The van der Waals surface area contributed by atoms with Crippen molar-refractivity contribution in [3.8, 4) is 11.1 Å². The Morgan fingerprint density at radius 2 is 1.00 bits per heavy atom. The normalized spacial score (nSPS) is 10.3. The van der Waals surface area contributed by atoms with E-state index in [2.05, 4.69) is 161 Å². The third-order valence-electron chi connectivity index (χ3n) is 7.07. The van der Waals surface area contributed by atoms with Gasteiger partial charge < -0.3 is 0 Å². The van der Waals surface area contributed by atoms with Crippen molar-refractivity contribution in [1.82, 2.24) is 0 Å². The van der Waals surface area contributed by atoms with E-state index in [0.717, 1.165) is 0 Å². The summed E-state index contributed by atoms with van der Waals surface area (Å²) in [6, 6.07) is 46.7. The Hall–Kier alpha value is -3.41. The Bertz CT molecular complexity index is 1520. The second kappa shape index (κ2) is 13.4. The van der Waals surface area contributed by atoms with Crippen LogP contribution in [0.3, 0.4) is 0 Å². The smallest absolute Gasteiger partial charge is 0.0623 e. The van der Waals surface area contributed by atoms with Crippen molar-refractivity contribution >= 4 is 14.0 Å². The Labute approximate surface area is 242 Å². The number of fused-ring (bicyclic) bond motifs is 1. The molecule has 0 amide bonds. The maximum absolute atomic E-state index is 2.24. The van der Waals surface area contributed by atoms with Crippen LogP contribution in [0.1, 0.15) is 33.4 Å². The summed E-state index contributed by atoms with van der Waals surface area (Å²) in [6.07, 6.45) is 0. The zero-order chi connectivity index (χ0) is 26.9. The topological polar surface area (TPSA) is 0 Å². The molecule has 0 aliphatic heterocycles. The molecular formula is C37H34Zr. The third-order valence-corrected chi connectivity index (χ3v) is 8.49. The molecule has 0 heterocycles. The molecule has 0 fully saturated rings.